The highest BCUT2D eigenvalue weighted by Gasteiger charge is 2.29. The molecule has 0 bridgehead atoms. The number of ether oxygens (including phenoxy) is 2. The molecule has 0 amide bonds. The summed E-state index contributed by atoms with van der Waals surface area (Å²) in [6, 6.07) is 0. The molecule has 58 valence electrons. The molecule has 2 saturated heterocycles. The Bertz CT molecular complexity index is 108. The van der Waals surface area contributed by atoms with Crippen LogP contribution in [-0.2, 0) is 9.47 Å². The Morgan fingerprint density at radius 3 is 2.40 bits per heavy atom. The molecule has 1 N–H and O–H groups in total. The number of morpholine rings is 1. The molecule has 2 unspecified atom stereocenters. The van der Waals surface area contributed by atoms with Gasteiger partial charge in [0.25, 0.3) is 0 Å². The zero-order valence-corrected chi connectivity index (χ0v) is 6.01. The zero-order chi connectivity index (χ0) is 6.81. The van der Waals surface area contributed by atoms with Crippen LogP contribution in [0.4, 0.5) is 0 Å². The summed E-state index contributed by atoms with van der Waals surface area (Å²) in [4.78, 5) is 0. The van der Waals surface area contributed by atoms with E-state index in [0.717, 1.165) is 26.3 Å². The molecule has 2 aliphatic heterocycles. The summed E-state index contributed by atoms with van der Waals surface area (Å²) >= 11 is 0. The van der Waals surface area contributed by atoms with Crippen LogP contribution in [0.15, 0.2) is 0 Å². The van der Waals surface area contributed by atoms with Crippen LogP contribution in [0.5, 0.6) is 0 Å². The number of hydrogen-bond acceptors (Lipinski definition) is 3. The summed E-state index contributed by atoms with van der Waals surface area (Å²) in [5.41, 5.74) is 0. The lowest BCUT2D eigenvalue weighted by atomic mass is 10.1. The highest BCUT2D eigenvalue weighted by atomic mass is 16.6. The molecule has 3 heteroatoms. The van der Waals surface area contributed by atoms with E-state index >= 15 is 0 Å². The summed E-state index contributed by atoms with van der Waals surface area (Å²) in [7, 11) is 0. The standard InChI is InChI=1S/C7H13NO2/c1-3-9-6(1)7-5-8-2-4-10-7/h6-8H,1-5H2. The smallest absolute Gasteiger partial charge is 0.0962 e. The van der Waals surface area contributed by atoms with Gasteiger partial charge in [-0.05, 0) is 6.42 Å². The minimum Gasteiger partial charge on any atom is -0.375 e. The first-order valence-corrected chi connectivity index (χ1v) is 3.91. The van der Waals surface area contributed by atoms with Gasteiger partial charge in [0, 0.05) is 19.7 Å². The Labute approximate surface area is 60.7 Å². The van der Waals surface area contributed by atoms with Gasteiger partial charge in [-0.15, -0.1) is 0 Å². The molecule has 2 rings (SSSR count). The fourth-order valence-electron chi connectivity index (χ4n) is 1.37. The third-order valence-corrected chi connectivity index (χ3v) is 2.11. The Hall–Kier alpha value is -0.120. The number of nitrogens with one attached hydrogen (secondary N) is 1. The zero-order valence-electron chi connectivity index (χ0n) is 6.01. The Morgan fingerprint density at radius 1 is 1.10 bits per heavy atom. The first kappa shape index (κ1) is 6.58. The SMILES string of the molecule is C1COC(C2CCO2)CN1. The van der Waals surface area contributed by atoms with Crippen molar-refractivity contribution in [3.05, 3.63) is 0 Å². The molecule has 0 spiro atoms. The van der Waals surface area contributed by atoms with Gasteiger partial charge >= 0.3 is 0 Å². The minimum absolute atomic E-state index is 0.322. The van der Waals surface area contributed by atoms with Crippen LogP contribution in [0.1, 0.15) is 6.42 Å². The Morgan fingerprint density at radius 2 is 1.90 bits per heavy atom. The maximum absolute atomic E-state index is 5.49. The first-order chi connectivity index (χ1) is 4.97. The van der Waals surface area contributed by atoms with E-state index in [9.17, 15) is 0 Å². The molecule has 2 atom stereocenters. The molecule has 2 fully saturated rings. The van der Waals surface area contributed by atoms with Crippen molar-refractivity contribution < 1.29 is 9.47 Å². The van der Waals surface area contributed by atoms with Crippen LogP contribution >= 0.6 is 0 Å². The van der Waals surface area contributed by atoms with Crippen molar-refractivity contribution in [2.75, 3.05) is 26.3 Å². The molecule has 2 heterocycles. The van der Waals surface area contributed by atoms with Gasteiger partial charge < -0.3 is 14.8 Å². The molecular formula is C7H13NO2. The third-order valence-electron chi connectivity index (χ3n) is 2.11. The maximum atomic E-state index is 5.49. The van der Waals surface area contributed by atoms with Gasteiger partial charge in [-0.25, -0.2) is 0 Å². The van der Waals surface area contributed by atoms with Crippen LogP contribution in [0, 0.1) is 0 Å². The summed E-state index contributed by atoms with van der Waals surface area (Å²) in [6.07, 6.45) is 1.88. The quantitative estimate of drug-likeness (QED) is 0.549. The van der Waals surface area contributed by atoms with Crippen LogP contribution < -0.4 is 5.32 Å². The molecule has 0 aromatic heterocycles. The molecule has 0 aromatic carbocycles. The van der Waals surface area contributed by atoms with Crippen molar-refractivity contribution in [2.45, 2.75) is 18.6 Å². The van der Waals surface area contributed by atoms with Gasteiger partial charge in [-0.3, -0.25) is 0 Å². The van der Waals surface area contributed by atoms with E-state index in [1.54, 1.807) is 0 Å². The van der Waals surface area contributed by atoms with Crippen molar-refractivity contribution in [1.29, 1.82) is 0 Å². The fraction of sp³-hybridized carbons (Fsp3) is 1.00. The summed E-state index contributed by atoms with van der Waals surface area (Å²) in [5.74, 6) is 0. The number of rotatable bonds is 1. The van der Waals surface area contributed by atoms with Gasteiger partial charge in [-0.1, -0.05) is 0 Å². The van der Waals surface area contributed by atoms with Gasteiger partial charge in [0.15, 0.2) is 0 Å². The normalized spacial score (nSPS) is 40.8. The average Bonchev–Trinajstić information content (AvgIpc) is 1.86. The van der Waals surface area contributed by atoms with Gasteiger partial charge in [0.1, 0.15) is 0 Å². The van der Waals surface area contributed by atoms with Crippen LogP contribution in [0.3, 0.4) is 0 Å². The molecule has 2 aliphatic rings. The van der Waals surface area contributed by atoms with Crippen molar-refractivity contribution in [3.8, 4) is 0 Å². The summed E-state index contributed by atoms with van der Waals surface area (Å²) in [6.45, 7) is 3.71. The lowest BCUT2D eigenvalue weighted by Crippen LogP contribution is -2.49. The maximum Gasteiger partial charge on any atom is 0.0962 e. The predicted molar refractivity (Wildman–Crippen MR) is 37.0 cm³/mol. The van der Waals surface area contributed by atoms with Crippen molar-refractivity contribution in [3.63, 3.8) is 0 Å². The lowest BCUT2D eigenvalue weighted by Gasteiger charge is -2.36. The van der Waals surface area contributed by atoms with Gasteiger partial charge in [0.05, 0.1) is 18.8 Å². The molecule has 0 saturated carbocycles. The Balaban J connectivity index is 1.78. The largest absolute Gasteiger partial charge is 0.375 e. The second-order valence-electron chi connectivity index (χ2n) is 2.81. The minimum atomic E-state index is 0.322. The fourth-order valence-corrected chi connectivity index (χ4v) is 1.37. The van der Waals surface area contributed by atoms with Crippen molar-refractivity contribution in [1.82, 2.24) is 5.32 Å². The molecule has 10 heavy (non-hydrogen) atoms. The number of hydrogen-bond donors (Lipinski definition) is 1. The second-order valence-corrected chi connectivity index (χ2v) is 2.81. The molecule has 3 nitrogen and oxygen atoms in total. The average molecular weight is 143 g/mol. The molecular weight excluding hydrogens is 130 g/mol. The second kappa shape index (κ2) is 2.86. The van der Waals surface area contributed by atoms with Crippen LogP contribution in [0.2, 0.25) is 0 Å². The van der Waals surface area contributed by atoms with E-state index < -0.39 is 0 Å². The summed E-state index contributed by atoms with van der Waals surface area (Å²) < 4.78 is 10.8. The van der Waals surface area contributed by atoms with Crippen molar-refractivity contribution in [2.24, 2.45) is 0 Å². The topological polar surface area (TPSA) is 30.5 Å². The van der Waals surface area contributed by atoms with E-state index in [-0.39, 0.29) is 0 Å². The first-order valence-electron chi connectivity index (χ1n) is 3.91. The van der Waals surface area contributed by atoms with Gasteiger partial charge in [0.2, 0.25) is 0 Å². The summed E-state index contributed by atoms with van der Waals surface area (Å²) in [5, 5.41) is 3.28. The van der Waals surface area contributed by atoms with Crippen LogP contribution in [0.25, 0.3) is 0 Å². The highest BCUT2D eigenvalue weighted by Crippen LogP contribution is 2.18. The monoisotopic (exact) mass is 143 g/mol. The van der Waals surface area contributed by atoms with Crippen molar-refractivity contribution >= 4 is 0 Å². The van der Waals surface area contributed by atoms with Crippen LogP contribution in [-0.4, -0.2) is 38.5 Å². The van der Waals surface area contributed by atoms with E-state index in [1.165, 1.54) is 6.42 Å². The van der Waals surface area contributed by atoms with Gasteiger partial charge in [-0.2, -0.15) is 0 Å². The third kappa shape index (κ3) is 1.17. The van der Waals surface area contributed by atoms with E-state index in [0.29, 0.717) is 12.2 Å². The molecule has 0 radical (unpaired) electrons. The molecule has 0 aromatic rings. The Kier molecular flexibility index (Phi) is 1.88. The van der Waals surface area contributed by atoms with E-state index in [1.807, 2.05) is 0 Å². The highest BCUT2D eigenvalue weighted by molar-refractivity contribution is 4.80. The van der Waals surface area contributed by atoms with E-state index in [4.69, 9.17) is 9.47 Å². The predicted octanol–water partition coefficient (Wildman–Crippen LogP) is -0.236. The molecule has 0 aliphatic carbocycles. The lowest BCUT2D eigenvalue weighted by molar-refractivity contribution is -0.143. The van der Waals surface area contributed by atoms with E-state index in [2.05, 4.69) is 5.32 Å².